The van der Waals surface area contributed by atoms with Crippen molar-refractivity contribution in [1.29, 1.82) is 0 Å². The Kier molecular flexibility index (Phi) is 36.3. The molecule has 0 spiro atoms. The van der Waals surface area contributed by atoms with Crippen LogP contribution < -0.4 is 31.1 Å². The van der Waals surface area contributed by atoms with Gasteiger partial charge in [0.1, 0.15) is 6.10 Å². The molecule has 8 aromatic carbocycles. The summed E-state index contributed by atoms with van der Waals surface area (Å²) in [6, 6.07) is 75.5. The van der Waals surface area contributed by atoms with Gasteiger partial charge in [-0.2, -0.15) is 0 Å². The second-order valence-corrected chi connectivity index (χ2v) is 53.8. The number of esters is 1. The van der Waals surface area contributed by atoms with Crippen LogP contribution in [-0.2, 0) is 81.4 Å². The molecule has 0 bridgehead atoms. The molecule has 0 saturated carbocycles. The van der Waals surface area contributed by atoms with Gasteiger partial charge in [-0.05, 0) is 39.0 Å². The van der Waals surface area contributed by atoms with Gasteiger partial charge in [0.15, 0.2) is 0 Å². The van der Waals surface area contributed by atoms with Crippen LogP contribution in [0, 0.1) is 23.7 Å². The molecule has 8 aromatic rings. The molecule has 5 saturated heterocycles. The molecule has 28 nitrogen and oxygen atoms in total. The molecule has 0 amide bonds. The Morgan fingerprint density at radius 2 is 0.724 bits per heavy atom. The van der Waals surface area contributed by atoms with E-state index in [2.05, 4.69) is 165 Å². The minimum atomic E-state index is -3.56. The topological polar surface area (TPSA) is 367 Å². The van der Waals surface area contributed by atoms with Gasteiger partial charge < -0.3 is 4.43 Å². The van der Waals surface area contributed by atoms with E-state index < -0.39 is 211 Å². The fourth-order valence-corrected chi connectivity index (χ4v) is 36.6. The van der Waals surface area contributed by atoms with Gasteiger partial charge in [-0.3, -0.25) is 0 Å². The van der Waals surface area contributed by atoms with Crippen molar-refractivity contribution in [3.05, 3.63) is 285 Å². The van der Waals surface area contributed by atoms with Crippen LogP contribution in [0.15, 0.2) is 258 Å². The summed E-state index contributed by atoms with van der Waals surface area (Å²) in [5.41, 5.74) is 31.7. The Morgan fingerprint density at radius 3 is 1.16 bits per heavy atom. The molecular weight excluding hydrogens is 1780 g/mol. The van der Waals surface area contributed by atoms with Gasteiger partial charge in [0.2, 0.25) is 0 Å². The molecular formula is C97H123B4N9O19P2Si3. The quantitative estimate of drug-likeness (QED) is 0.00902. The zero-order valence-electron chi connectivity index (χ0n) is 78.4. The van der Waals surface area contributed by atoms with Crippen LogP contribution in [0.1, 0.15) is 113 Å². The van der Waals surface area contributed by atoms with Gasteiger partial charge in [0.25, 0.3) is 8.32 Å². The maximum atomic E-state index is 15.1. The van der Waals surface area contributed by atoms with Crippen molar-refractivity contribution in [2.45, 2.75) is 247 Å². The van der Waals surface area contributed by atoms with Crippen molar-refractivity contribution in [1.82, 2.24) is 0 Å². The van der Waals surface area contributed by atoms with Crippen molar-refractivity contribution in [3.8, 4) is 0 Å². The summed E-state index contributed by atoms with van der Waals surface area (Å²) in [4.78, 5) is 25.3. The van der Waals surface area contributed by atoms with E-state index in [1.807, 2.05) is 167 Å². The molecule has 27 atom stereocenters. The molecule has 0 aliphatic carbocycles. The average Bonchev–Trinajstić information content (AvgIpc) is 0.746. The van der Waals surface area contributed by atoms with E-state index in [1.165, 1.54) is 13.8 Å². The number of rotatable bonds is 39. The molecule has 37 heteroatoms. The van der Waals surface area contributed by atoms with Crippen LogP contribution in [0.25, 0.3) is 31.3 Å². The molecule has 2 radical (unpaired) electrons. The summed E-state index contributed by atoms with van der Waals surface area (Å²) in [5, 5.41) is 41.9. The van der Waals surface area contributed by atoms with Crippen LogP contribution in [0.4, 0.5) is 0 Å². The Balaban J connectivity index is 0.880. The standard InChI is InChI=1S/C97H123B4N9O19P2Si3/c1-61-76(58-117-132(95(6,7)8,68-43-27-17-28-44-68)69-45-29-18-30-46-69)123-93(81(107-110-104)88(61)130-100-98-114)126-83-63(3)85(125-90(113)67-41-25-16-26-42-67)94(122-74(83)55-111)127-82-62(2)79(105-108-102)92(124-77(82)59-118-133(96(9,10)11,70-47-31-19-32-48-70)71-49-33-20-34-50-71)128-86-75(56-112)121-91(64(4)84(86)116-57-66-39-23-15-24-40-66)129-87-78(120-65(5)80(106-109-103)89(87)131-101-99-115)60-119-134(97(12,13)14,72-51-35-21-36-52-72)73-53-37-22-38-54-73/h15-54,61-65,74-89,91-94,111-112,130-131H,55-60H2,1-14H3/t61-,62-,63+,64?,65+,74?,75?,76?,77?,78?,79?,80?,81?,82+,83+,84+,85?,86?,87-,88+,89-,91+,92+,93+,94+/m1/s1. The van der Waals surface area contributed by atoms with Gasteiger partial charge in [0, 0.05) is 4.91 Å². The zero-order chi connectivity index (χ0) is 95.5. The molecule has 704 valence electrons. The van der Waals surface area contributed by atoms with Crippen LogP contribution in [0.5, 0.6) is 0 Å². The monoisotopic (exact) mass is 1910 g/mol. The number of azide groups is 3. The first kappa shape index (κ1) is 103. The smallest absolute Gasteiger partial charge is 0.0622 e. The zero-order valence-corrected chi connectivity index (χ0v) is 83.4. The Labute approximate surface area is 795 Å². The third-order valence-corrected chi connectivity index (χ3v) is 45.0. The van der Waals surface area contributed by atoms with Crippen LogP contribution >= 0.6 is 16.9 Å². The van der Waals surface area contributed by atoms with Gasteiger partial charge in [-0.1, -0.05) is 130 Å². The maximum absolute atomic E-state index is 15.1. The first-order valence-corrected chi connectivity index (χ1v) is 54.1. The first-order valence-electron chi connectivity index (χ1n) is 46.0. The fourth-order valence-electron chi connectivity index (χ4n) is 20.3. The first-order chi connectivity index (χ1) is 64.6. The van der Waals surface area contributed by atoms with Gasteiger partial charge in [-0.15, -0.1) is 0 Å². The van der Waals surface area contributed by atoms with Crippen molar-refractivity contribution < 1.29 is 89.8 Å². The molecule has 134 heavy (non-hydrogen) atoms. The molecule has 0 aromatic heterocycles. The third kappa shape index (κ3) is 22.7. The minimum absolute atomic E-state index is 0.0154. The van der Waals surface area contributed by atoms with Crippen molar-refractivity contribution >= 4 is 107 Å². The van der Waals surface area contributed by atoms with E-state index in [1.54, 1.807) is 37.3 Å². The number of hydrogen-bond donors (Lipinski definition) is 2. The van der Waals surface area contributed by atoms with Crippen molar-refractivity contribution in [2.24, 2.45) is 39.0 Å². The number of hydrogen-bond acceptors (Lipinski definition) is 22. The van der Waals surface area contributed by atoms with E-state index >= 15 is 4.79 Å². The van der Waals surface area contributed by atoms with E-state index in [0.29, 0.717) is 7.04 Å². The molecule has 5 aliphatic rings. The average molecular weight is 1910 g/mol. The van der Waals surface area contributed by atoms with E-state index in [4.69, 9.17) is 65.4 Å². The number of nitrogens with zero attached hydrogens (tertiary/aromatic N) is 9. The SMILES string of the molecule is CC1[C@H](O[C@@H]2C(CO[Si](c3ccccc3)(c3ccccc3)C(C)(C)C)O[C@@H](C)C(N=[N+]=[N-])[C@H]2P[B]B=O)OC(CO)C(O[C@@H]2OC(CO[Si](c3ccccc3)(c3ccccc3)C(C)(C)C)[C@@H](O[C@@H]3OC(CO)[C@@H](O[C@@H]4OC(CO[Si](c5ccccc5)(c5ccccc5)C(C)(C)C)[C@@H](C)[C@H](P[B]B=O)C4N=[N+]=[N-])[C@H](C)C3OC(=O)c3ccccc3)[C@H](C)C2N=[N+]=[N-])[C@H]1OCc1ccccc1. The summed E-state index contributed by atoms with van der Waals surface area (Å²) >= 11 is 0. The van der Waals surface area contributed by atoms with Gasteiger partial charge in [0.05, 0.1) is 6.61 Å². The van der Waals surface area contributed by atoms with E-state index in [9.17, 15) is 36.2 Å². The van der Waals surface area contributed by atoms with Crippen molar-refractivity contribution in [3.63, 3.8) is 0 Å². The Morgan fingerprint density at radius 1 is 0.381 bits per heavy atom. The molecule has 13 rings (SSSR count). The Hall–Kier alpha value is -8.07. The fraction of sp³-hybridized carbons (Fsp3) is 0.495. The Bertz CT molecular complexity index is 5110. The van der Waals surface area contributed by atoms with Crippen molar-refractivity contribution in [2.75, 3.05) is 33.0 Å². The second-order valence-electron chi connectivity index (χ2n) is 38.3. The third-order valence-electron chi connectivity index (χ3n) is 27.0. The molecule has 5 heterocycles. The minimum Gasteiger partial charge on any atom is -0.0622 e. The van der Waals surface area contributed by atoms with Crippen LogP contribution in [0.2, 0.25) is 15.1 Å². The van der Waals surface area contributed by atoms with Gasteiger partial charge >= 0.3 is 601 Å². The normalized spacial score (nSPS) is 29.4. The number of aliphatic hydroxyl groups is 2. The summed E-state index contributed by atoms with van der Waals surface area (Å²) in [6.45, 7) is 30.2. The predicted octanol–water partition coefficient (Wildman–Crippen LogP) is 13.6. The molecule has 2 N–H and O–H groups in total. The van der Waals surface area contributed by atoms with E-state index in [0.717, 1.165) is 43.7 Å². The number of aliphatic hydroxyl groups excluding tert-OH is 2. The summed E-state index contributed by atoms with van der Waals surface area (Å²) < 4.78 is 128. The second kappa shape index (κ2) is 47.1. The van der Waals surface area contributed by atoms with Crippen LogP contribution in [-0.4, -0.2) is 230 Å². The number of benzene rings is 8. The molecule has 5 aliphatic heterocycles. The predicted molar refractivity (Wildman–Crippen MR) is 528 cm³/mol. The van der Waals surface area contributed by atoms with Crippen LogP contribution in [0.3, 0.4) is 0 Å². The number of carbonyl (C=O) groups excluding carboxylic acids is 1. The number of ether oxygens (including phenoxy) is 11. The van der Waals surface area contributed by atoms with Gasteiger partial charge in [-0.25, -0.2) is 0 Å². The molecule has 13 unspecified atom stereocenters. The number of carbonyl (C=O) groups is 1. The van der Waals surface area contributed by atoms with E-state index in [-0.39, 0.29) is 48.9 Å². The molecule has 5 fully saturated rings. The summed E-state index contributed by atoms with van der Waals surface area (Å²) in [7, 11) is -9.10. The summed E-state index contributed by atoms with van der Waals surface area (Å²) in [5.74, 6) is -3.95. The summed E-state index contributed by atoms with van der Waals surface area (Å²) in [6.07, 6.45) is -19.3.